The van der Waals surface area contributed by atoms with Gasteiger partial charge >= 0.3 is 0 Å². The van der Waals surface area contributed by atoms with Gasteiger partial charge in [-0.25, -0.2) is 4.98 Å². The van der Waals surface area contributed by atoms with Crippen molar-refractivity contribution < 1.29 is 4.79 Å². The highest BCUT2D eigenvalue weighted by Crippen LogP contribution is 2.20. The lowest BCUT2D eigenvalue weighted by Gasteiger charge is -2.33. The van der Waals surface area contributed by atoms with Crippen LogP contribution in [0, 0.1) is 11.8 Å². The van der Waals surface area contributed by atoms with E-state index in [1.807, 2.05) is 0 Å². The molecule has 114 valence electrons. The molecule has 2 aliphatic rings. The summed E-state index contributed by atoms with van der Waals surface area (Å²) in [4.78, 5) is 29.4. The minimum Gasteiger partial charge on any atom is -0.356 e. The maximum Gasteiger partial charge on any atom is 0.253 e. The lowest BCUT2D eigenvalue weighted by Crippen LogP contribution is -2.39. The van der Waals surface area contributed by atoms with E-state index in [4.69, 9.17) is 0 Å². The maximum atomic E-state index is 11.7. The molecule has 3 rings (SSSR count). The highest BCUT2D eigenvalue weighted by atomic mass is 16.2. The topological polar surface area (TPSA) is 67.2 Å². The minimum atomic E-state index is 0.0305. The van der Waals surface area contributed by atoms with Crippen LogP contribution >= 0.6 is 0 Å². The number of aromatic nitrogens is 2. The van der Waals surface area contributed by atoms with E-state index >= 15 is 0 Å². The van der Waals surface area contributed by atoms with Crippen molar-refractivity contribution in [2.75, 3.05) is 26.2 Å². The van der Waals surface area contributed by atoms with Crippen molar-refractivity contribution in [3.8, 4) is 0 Å². The number of nitrogens with one attached hydrogen (secondary N) is 1. The third kappa shape index (κ3) is 3.69. The van der Waals surface area contributed by atoms with Gasteiger partial charge in [0.1, 0.15) is 0 Å². The zero-order valence-corrected chi connectivity index (χ0v) is 12.2. The fourth-order valence-electron chi connectivity index (χ4n) is 3.30. The lowest BCUT2D eigenvalue weighted by molar-refractivity contribution is -0.119. The molecule has 3 heterocycles. The number of rotatable bonds is 4. The lowest BCUT2D eigenvalue weighted by atomic mass is 9.95. The number of likely N-dealkylation sites (tertiary alicyclic amines) is 1. The molecule has 0 aromatic carbocycles. The molecular formula is C15H22N4O2. The average molecular weight is 290 g/mol. The van der Waals surface area contributed by atoms with E-state index in [2.05, 4.69) is 15.2 Å². The molecule has 21 heavy (non-hydrogen) atoms. The van der Waals surface area contributed by atoms with Crippen LogP contribution in [0.5, 0.6) is 0 Å². The molecule has 0 bridgehead atoms. The van der Waals surface area contributed by atoms with Crippen LogP contribution < -0.4 is 10.9 Å². The molecule has 1 aromatic rings. The second kappa shape index (κ2) is 6.39. The van der Waals surface area contributed by atoms with Crippen LogP contribution in [0.1, 0.15) is 19.3 Å². The normalized spacial score (nSPS) is 24.2. The Balaban J connectivity index is 1.46. The average Bonchev–Trinajstić information content (AvgIpc) is 2.89. The smallest absolute Gasteiger partial charge is 0.253 e. The summed E-state index contributed by atoms with van der Waals surface area (Å²) in [5, 5.41) is 2.90. The molecule has 6 heteroatoms. The van der Waals surface area contributed by atoms with Crippen molar-refractivity contribution in [1.29, 1.82) is 0 Å². The fourth-order valence-corrected chi connectivity index (χ4v) is 3.30. The van der Waals surface area contributed by atoms with Gasteiger partial charge in [0.05, 0.1) is 6.33 Å². The first kappa shape index (κ1) is 14.3. The molecule has 2 fully saturated rings. The summed E-state index contributed by atoms with van der Waals surface area (Å²) in [6, 6.07) is 1.51. The molecular weight excluding hydrogens is 268 g/mol. The standard InChI is InChI=1S/C15H22N4O2/c20-14-7-13(8-17-14)9-18-5-2-12(3-6-18)10-19-11-16-4-1-15(19)21/h1,4,11-13H,2-3,5-10H2,(H,17,20). The van der Waals surface area contributed by atoms with Gasteiger partial charge in [-0.05, 0) is 37.8 Å². The predicted molar refractivity (Wildman–Crippen MR) is 78.8 cm³/mol. The van der Waals surface area contributed by atoms with E-state index < -0.39 is 0 Å². The van der Waals surface area contributed by atoms with Crippen molar-refractivity contribution in [3.63, 3.8) is 0 Å². The maximum absolute atomic E-state index is 11.7. The van der Waals surface area contributed by atoms with Crippen LogP contribution in [0.25, 0.3) is 0 Å². The van der Waals surface area contributed by atoms with Gasteiger partial charge in [0.25, 0.3) is 5.56 Å². The molecule has 6 nitrogen and oxygen atoms in total. The molecule has 2 aliphatic heterocycles. The van der Waals surface area contributed by atoms with Gasteiger partial charge in [-0.15, -0.1) is 0 Å². The molecule has 1 atom stereocenters. The van der Waals surface area contributed by atoms with E-state index in [1.165, 1.54) is 6.07 Å². The van der Waals surface area contributed by atoms with Crippen LogP contribution in [-0.2, 0) is 11.3 Å². The zero-order chi connectivity index (χ0) is 14.7. The highest BCUT2D eigenvalue weighted by molar-refractivity contribution is 5.78. The molecule has 1 aromatic heterocycles. The Morgan fingerprint density at radius 3 is 2.67 bits per heavy atom. The highest BCUT2D eigenvalue weighted by Gasteiger charge is 2.26. The number of carbonyl (C=O) groups excluding carboxylic acids is 1. The molecule has 0 radical (unpaired) electrons. The van der Waals surface area contributed by atoms with Crippen molar-refractivity contribution in [3.05, 3.63) is 28.9 Å². The van der Waals surface area contributed by atoms with E-state index in [-0.39, 0.29) is 11.5 Å². The summed E-state index contributed by atoms with van der Waals surface area (Å²) in [6.07, 6.45) is 6.05. The second-order valence-electron chi connectivity index (χ2n) is 6.19. The summed E-state index contributed by atoms with van der Waals surface area (Å²) >= 11 is 0. The Bertz CT molecular complexity index is 549. The number of amides is 1. The van der Waals surface area contributed by atoms with Crippen LogP contribution in [0.4, 0.5) is 0 Å². The van der Waals surface area contributed by atoms with Gasteiger partial charge in [-0.1, -0.05) is 0 Å². The van der Waals surface area contributed by atoms with Crippen LogP contribution in [0.15, 0.2) is 23.4 Å². The van der Waals surface area contributed by atoms with Gasteiger partial charge in [-0.2, -0.15) is 0 Å². The molecule has 1 unspecified atom stereocenters. The van der Waals surface area contributed by atoms with Crippen molar-refractivity contribution in [2.45, 2.75) is 25.8 Å². The van der Waals surface area contributed by atoms with Gasteiger partial charge in [0.15, 0.2) is 0 Å². The predicted octanol–water partition coefficient (Wildman–Crippen LogP) is 0.0914. The van der Waals surface area contributed by atoms with Crippen LogP contribution in [0.3, 0.4) is 0 Å². The minimum absolute atomic E-state index is 0.0305. The van der Waals surface area contributed by atoms with Crippen molar-refractivity contribution >= 4 is 5.91 Å². The van der Waals surface area contributed by atoms with Crippen molar-refractivity contribution in [2.24, 2.45) is 11.8 Å². The molecule has 1 amide bonds. The number of nitrogens with zero attached hydrogens (tertiary/aromatic N) is 3. The van der Waals surface area contributed by atoms with Gasteiger partial charge in [-0.3, -0.25) is 14.2 Å². The molecule has 2 saturated heterocycles. The van der Waals surface area contributed by atoms with Gasteiger partial charge < -0.3 is 10.2 Å². The summed E-state index contributed by atoms with van der Waals surface area (Å²) in [5.41, 5.74) is 0.0305. The Labute approximate surface area is 124 Å². The third-order valence-corrected chi connectivity index (χ3v) is 4.53. The third-order valence-electron chi connectivity index (χ3n) is 4.53. The quantitative estimate of drug-likeness (QED) is 0.853. The molecule has 0 spiro atoms. The largest absolute Gasteiger partial charge is 0.356 e. The van der Waals surface area contributed by atoms with E-state index in [1.54, 1.807) is 17.1 Å². The Hall–Kier alpha value is -1.69. The van der Waals surface area contributed by atoms with Gasteiger partial charge in [0, 0.05) is 38.3 Å². The number of hydrogen-bond acceptors (Lipinski definition) is 4. The number of piperidine rings is 1. The first-order chi connectivity index (χ1) is 10.2. The Morgan fingerprint density at radius 2 is 2.00 bits per heavy atom. The fraction of sp³-hybridized carbons (Fsp3) is 0.667. The summed E-state index contributed by atoms with van der Waals surface area (Å²) in [6.45, 7) is 4.72. The number of carbonyl (C=O) groups is 1. The van der Waals surface area contributed by atoms with Crippen molar-refractivity contribution in [1.82, 2.24) is 19.8 Å². The van der Waals surface area contributed by atoms with E-state index in [9.17, 15) is 9.59 Å². The summed E-state index contributed by atoms with van der Waals surface area (Å²) in [5.74, 6) is 1.20. The Morgan fingerprint density at radius 1 is 1.19 bits per heavy atom. The SMILES string of the molecule is O=C1CC(CN2CCC(Cn3cnccc3=O)CC2)CN1. The first-order valence-electron chi connectivity index (χ1n) is 7.70. The van der Waals surface area contributed by atoms with Crippen LogP contribution in [0.2, 0.25) is 0 Å². The summed E-state index contributed by atoms with van der Waals surface area (Å²) < 4.78 is 1.71. The monoisotopic (exact) mass is 290 g/mol. The van der Waals surface area contributed by atoms with E-state index in [0.717, 1.165) is 45.6 Å². The zero-order valence-electron chi connectivity index (χ0n) is 12.2. The molecule has 0 saturated carbocycles. The Kier molecular flexibility index (Phi) is 4.34. The summed E-state index contributed by atoms with van der Waals surface area (Å²) in [7, 11) is 0. The van der Waals surface area contributed by atoms with E-state index in [0.29, 0.717) is 18.3 Å². The van der Waals surface area contributed by atoms with Crippen LogP contribution in [-0.4, -0.2) is 46.5 Å². The number of hydrogen-bond donors (Lipinski definition) is 1. The first-order valence-corrected chi connectivity index (χ1v) is 7.70. The second-order valence-corrected chi connectivity index (χ2v) is 6.19. The molecule has 1 N–H and O–H groups in total. The van der Waals surface area contributed by atoms with Gasteiger partial charge in [0.2, 0.25) is 5.91 Å². The molecule has 0 aliphatic carbocycles.